The summed E-state index contributed by atoms with van der Waals surface area (Å²) in [6.45, 7) is 7.28. The van der Waals surface area contributed by atoms with Crippen LogP contribution in [0.15, 0.2) is 72.8 Å². The van der Waals surface area contributed by atoms with E-state index in [4.69, 9.17) is 13.9 Å². The van der Waals surface area contributed by atoms with Crippen LogP contribution >= 0.6 is 0 Å². The molecular weight excluding hydrogens is 484 g/mol. The van der Waals surface area contributed by atoms with Crippen molar-refractivity contribution < 1.29 is 28.5 Å². The van der Waals surface area contributed by atoms with Gasteiger partial charge in [0.25, 0.3) is 8.32 Å². The Morgan fingerprint density at radius 2 is 1.70 bits per heavy atom. The fourth-order valence-electron chi connectivity index (χ4n) is 5.92. The highest BCUT2D eigenvalue weighted by atomic mass is 28.4. The second-order valence-corrected chi connectivity index (χ2v) is 15.4. The molecule has 0 bridgehead atoms. The van der Waals surface area contributed by atoms with Gasteiger partial charge in [0.05, 0.1) is 32.0 Å². The quantitative estimate of drug-likeness (QED) is 0.306. The number of rotatable bonds is 9. The maximum atomic E-state index is 11.5. The fraction of sp³-hybridized carbons (Fsp3) is 0.500. The molecule has 0 saturated carbocycles. The highest BCUT2D eigenvalue weighted by Gasteiger charge is 2.53. The third kappa shape index (κ3) is 5.76. The first-order valence-corrected chi connectivity index (χ1v) is 15.1. The van der Waals surface area contributed by atoms with Gasteiger partial charge in [-0.05, 0) is 40.8 Å². The average Bonchev–Trinajstić information content (AvgIpc) is 3.28. The maximum Gasteiger partial charge on any atom is 0.330 e. The van der Waals surface area contributed by atoms with Crippen molar-refractivity contribution in [2.75, 3.05) is 20.3 Å². The predicted molar refractivity (Wildman–Crippen MR) is 147 cm³/mol. The van der Waals surface area contributed by atoms with Crippen LogP contribution in [0.25, 0.3) is 0 Å². The number of fused-ring (bicyclic) bond motifs is 1. The predicted octanol–water partition coefficient (Wildman–Crippen LogP) is 3.75. The number of methoxy groups -OCH3 is 1. The lowest BCUT2D eigenvalue weighted by molar-refractivity contribution is -0.184. The number of hydrogen-bond donors (Lipinski definition) is 1. The number of esters is 1. The monoisotopic (exact) mass is 524 g/mol. The van der Waals surface area contributed by atoms with Gasteiger partial charge >= 0.3 is 5.97 Å². The number of carbonyl (C=O) groups is 1. The molecule has 0 amide bonds. The van der Waals surface area contributed by atoms with Crippen molar-refractivity contribution in [2.24, 2.45) is 0 Å². The summed E-state index contributed by atoms with van der Waals surface area (Å²) in [5, 5.41) is 12.8. The summed E-state index contributed by atoms with van der Waals surface area (Å²) >= 11 is 0. The third-order valence-corrected chi connectivity index (χ3v) is 12.8. The third-order valence-electron chi connectivity index (χ3n) is 7.72. The lowest BCUT2D eigenvalue weighted by Crippen LogP contribution is -2.66. The summed E-state index contributed by atoms with van der Waals surface area (Å²) in [6.07, 6.45) is 5.44. The standard InChI is InChI=1S/C30H40O6Si/c1-29(2,3)37(25-11-7-5-8-12-25,26-13-9-6-10-14-26)34-20-19-23-15-17-27-30(22-31,36-23)21-24(35-27)16-18-28(32)33-4/h5-14,16,18,23-24,27,31H,15,17,19-22H2,1-4H3/b18-16+/t23-,24+,27+,30?/m1/s1. The molecule has 2 saturated heterocycles. The van der Waals surface area contributed by atoms with Crippen LogP contribution in [0.2, 0.25) is 5.04 Å². The van der Waals surface area contributed by atoms with Gasteiger partial charge in [0, 0.05) is 19.1 Å². The number of carbonyl (C=O) groups excluding carboxylic acids is 1. The number of ether oxygens (including phenoxy) is 3. The van der Waals surface area contributed by atoms with E-state index in [1.54, 1.807) is 6.08 Å². The van der Waals surface area contributed by atoms with Crippen molar-refractivity contribution in [3.05, 3.63) is 72.8 Å². The van der Waals surface area contributed by atoms with Gasteiger partial charge in [-0.1, -0.05) is 81.4 Å². The summed E-state index contributed by atoms with van der Waals surface area (Å²) < 4.78 is 24.4. The van der Waals surface area contributed by atoms with E-state index in [1.165, 1.54) is 23.6 Å². The van der Waals surface area contributed by atoms with Crippen LogP contribution in [-0.4, -0.2) is 63.6 Å². The van der Waals surface area contributed by atoms with E-state index in [0.29, 0.717) is 13.0 Å². The molecule has 2 aliphatic heterocycles. The van der Waals surface area contributed by atoms with Gasteiger partial charge in [-0.3, -0.25) is 0 Å². The number of hydrogen-bond acceptors (Lipinski definition) is 6. The highest BCUT2D eigenvalue weighted by Crippen LogP contribution is 2.43. The molecule has 2 fully saturated rings. The molecule has 2 aromatic carbocycles. The Morgan fingerprint density at radius 3 is 2.24 bits per heavy atom. The Hall–Kier alpha value is -2.29. The molecule has 1 N–H and O–H groups in total. The first-order valence-electron chi connectivity index (χ1n) is 13.2. The highest BCUT2D eigenvalue weighted by molar-refractivity contribution is 6.99. The Balaban J connectivity index is 1.49. The zero-order chi connectivity index (χ0) is 26.5. The van der Waals surface area contributed by atoms with E-state index in [1.807, 2.05) is 12.1 Å². The lowest BCUT2D eigenvalue weighted by atomic mass is 9.86. The summed E-state index contributed by atoms with van der Waals surface area (Å²) in [5.41, 5.74) is -0.758. The zero-order valence-corrected chi connectivity index (χ0v) is 23.4. The summed E-state index contributed by atoms with van der Waals surface area (Å²) in [4.78, 5) is 11.5. The van der Waals surface area contributed by atoms with E-state index < -0.39 is 19.9 Å². The SMILES string of the molecule is COC(=O)/C=C/[C@H]1CC2(CO)O[C@@H](CCO[Si](c3ccccc3)(c3ccccc3)C(C)(C)C)CC[C@@H]2O1. The van der Waals surface area contributed by atoms with Crippen molar-refractivity contribution in [3.8, 4) is 0 Å². The molecule has 200 valence electrons. The molecule has 0 radical (unpaired) electrons. The minimum absolute atomic E-state index is 0.0337. The van der Waals surface area contributed by atoms with E-state index in [0.717, 1.165) is 19.3 Å². The Kier molecular flexibility index (Phi) is 8.71. The molecule has 4 atom stereocenters. The van der Waals surface area contributed by atoms with Gasteiger partial charge < -0.3 is 23.7 Å². The second-order valence-electron chi connectivity index (χ2n) is 11.1. The van der Waals surface area contributed by atoms with Crippen LogP contribution in [0.3, 0.4) is 0 Å². The van der Waals surface area contributed by atoms with Crippen molar-refractivity contribution in [1.29, 1.82) is 0 Å². The Bertz CT molecular complexity index is 1010. The number of aliphatic hydroxyl groups excluding tert-OH is 1. The Labute approximate surface area is 221 Å². The van der Waals surface area contributed by atoms with Gasteiger partial charge in [0.15, 0.2) is 0 Å². The molecule has 0 spiro atoms. The molecule has 37 heavy (non-hydrogen) atoms. The molecule has 2 aliphatic rings. The topological polar surface area (TPSA) is 74.2 Å². The van der Waals surface area contributed by atoms with Gasteiger partial charge in [0.2, 0.25) is 0 Å². The average molecular weight is 525 g/mol. The van der Waals surface area contributed by atoms with Crippen molar-refractivity contribution in [1.82, 2.24) is 0 Å². The number of aliphatic hydroxyl groups is 1. The Morgan fingerprint density at radius 1 is 1.08 bits per heavy atom. The minimum atomic E-state index is -2.61. The van der Waals surface area contributed by atoms with Crippen LogP contribution in [-0.2, 0) is 23.4 Å². The van der Waals surface area contributed by atoms with Gasteiger partial charge in [0.1, 0.15) is 5.60 Å². The first kappa shape index (κ1) is 27.7. The van der Waals surface area contributed by atoms with Gasteiger partial charge in [-0.2, -0.15) is 0 Å². The molecular formula is C30H40O6Si. The van der Waals surface area contributed by atoms with E-state index >= 15 is 0 Å². The molecule has 7 heteroatoms. The molecule has 0 aliphatic carbocycles. The van der Waals surface area contributed by atoms with Crippen LogP contribution < -0.4 is 10.4 Å². The first-order chi connectivity index (χ1) is 17.7. The summed E-state index contributed by atoms with van der Waals surface area (Å²) in [6, 6.07) is 21.3. The minimum Gasteiger partial charge on any atom is -0.466 e. The molecule has 2 heterocycles. The van der Waals surface area contributed by atoms with Crippen LogP contribution in [0.5, 0.6) is 0 Å². The van der Waals surface area contributed by atoms with Crippen molar-refractivity contribution in [3.63, 3.8) is 0 Å². The second kappa shape index (κ2) is 11.6. The molecule has 0 aromatic heterocycles. The van der Waals surface area contributed by atoms with Crippen molar-refractivity contribution in [2.45, 2.75) is 75.4 Å². The fourth-order valence-corrected chi connectivity index (χ4v) is 10.5. The van der Waals surface area contributed by atoms with Crippen LogP contribution in [0.1, 0.15) is 46.5 Å². The largest absolute Gasteiger partial charge is 0.466 e. The van der Waals surface area contributed by atoms with E-state index in [9.17, 15) is 9.90 Å². The normalized spacial score (nSPS) is 26.2. The van der Waals surface area contributed by atoms with E-state index in [2.05, 4.69) is 74.0 Å². The number of benzene rings is 2. The lowest BCUT2D eigenvalue weighted by Gasteiger charge is -2.44. The van der Waals surface area contributed by atoms with Crippen molar-refractivity contribution >= 4 is 24.7 Å². The molecule has 4 rings (SSSR count). The zero-order valence-electron chi connectivity index (χ0n) is 22.4. The maximum absolute atomic E-state index is 11.5. The van der Waals surface area contributed by atoms with Crippen LogP contribution in [0.4, 0.5) is 0 Å². The van der Waals surface area contributed by atoms with Crippen LogP contribution in [0, 0.1) is 0 Å². The van der Waals surface area contributed by atoms with Gasteiger partial charge in [-0.15, -0.1) is 0 Å². The molecule has 1 unspecified atom stereocenters. The smallest absolute Gasteiger partial charge is 0.330 e. The molecule has 6 nitrogen and oxygen atoms in total. The summed E-state index contributed by atoms with van der Waals surface area (Å²) in [7, 11) is -1.26. The molecule has 2 aromatic rings. The van der Waals surface area contributed by atoms with Gasteiger partial charge in [-0.25, -0.2) is 4.79 Å². The summed E-state index contributed by atoms with van der Waals surface area (Å²) in [5.74, 6) is -0.421. The van der Waals surface area contributed by atoms with E-state index in [-0.39, 0.29) is 30.0 Å².